The Balaban J connectivity index is 1.07. The monoisotopic (exact) mass is 444 g/mol. The summed E-state index contributed by atoms with van der Waals surface area (Å²) in [7, 11) is 0. The van der Waals surface area contributed by atoms with Crippen LogP contribution in [-0.4, -0.2) is 58.9 Å². The number of anilines is 1. The molecule has 7 heteroatoms. The molecule has 0 aliphatic carbocycles. The van der Waals surface area contributed by atoms with Gasteiger partial charge in [-0.15, -0.1) is 0 Å². The number of rotatable bonds is 7. The van der Waals surface area contributed by atoms with Gasteiger partial charge in [0.25, 0.3) is 0 Å². The molecule has 1 aromatic heterocycles. The minimum absolute atomic E-state index is 0.0517. The van der Waals surface area contributed by atoms with E-state index in [0.29, 0.717) is 0 Å². The Hall–Kier alpha value is -3.19. The lowest BCUT2D eigenvalue weighted by Crippen LogP contribution is -2.43. The summed E-state index contributed by atoms with van der Waals surface area (Å²) in [6, 6.07) is 17.1. The first-order valence-electron chi connectivity index (χ1n) is 12.0. The highest BCUT2D eigenvalue weighted by Gasteiger charge is 2.26. The Morgan fingerprint density at radius 1 is 1.09 bits per heavy atom. The minimum atomic E-state index is 0.0517. The van der Waals surface area contributed by atoms with Crippen LogP contribution in [0.25, 0.3) is 11.3 Å². The van der Waals surface area contributed by atoms with E-state index in [1.54, 1.807) is 6.20 Å². The molecular weight excluding hydrogens is 412 g/mol. The van der Waals surface area contributed by atoms with Crippen molar-refractivity contribution in [3.63, 3.8) is 0 Å². The smallest absolute Gasteiger partial charge is 0.224 e. The summed E-state index contributed by atoms with van der Waals surface area (Å²) in [6.45, 7) is 5.68. The Morgan fingerprint density at radius 2 is 1.94 bits per heavy atom. The van der Waals surface area contributed by atoms with Gasteiger partial charge in [0, 0.05) is 50.5 Å². The van der Waals surface area contributed by atoms with E-state index in [9.17, 15) is 4.79 Å². The highest BCUT2D eigenvalue weighted by Crippen LogP contribution is 2.26. The lowest BCUT2D eigenvalue weighted by atomic mass is 9.96. The van der Waals surface area contributed by atoms with Crippen LogP contribution >= 0.6 is 0 Å². The molecule has 7 nitrogen and oxygen atoms in total. The van der Waals surface area contributed by atoms with Gasteiger partial charge >= 0.3 is 0 Å². The maximum absolute atomic E-state index is 12.8. The molecule has 0 bridgehead atoms. The Kier molecular flexibility index (Phi) is 6.67. The number of nitrogens with zero attached hydrogens (tertiary/aromatic N) is 4. The molecule has 172 valence electrons. The van der Waals surface area contributed by atoms with Crippen LogP contribution in [0.15, 0.2) is 54.7 Å². The molecule has 3 heterocycles. The number of hydrogen-bond donors (Lipinski definition) is 2. The number of aromatic amines is 1. The molecule has 1 amide bonds. The molecule has 2 aliphatic rings. The van der Waals surface area contributed by atoms with Gasteiger partial charge in [-0.3, -0.25) is 9.69 Å². The standard InChI is InChI=1S/C26H32N6O/c33-26(27-13-4-14-31-16-12-20-5-1-2-6-22(20)18-31)23-7-3-15-32(19-23)24-10-8-21(9-11-24)25-17-28-30-29-25/h1-2,5-6,8-11,17,23H,3-4,7,12-16,18-19H2,(H,27,33)(H,28,29,30). The number of nitrogens with one attached hydrogen (secondary N) is 2. The second-order valence-corrected chi connectivity index (χ2v) is 9.13. The average Bonchev–Trinajstić information content (AvgIpc) is 3.42. The topological polar surface area (TPSA) is 77.2 Å². The molecule has 2 N–H and O–H groups in total. The number of hydrogen-bond acceptors (Lipinski definition) is 5. The van der Waals surface area contributed by atoms with E-state index < -0.39 is 0 Å². The van der Waals surface area contributed by atoms with Gasteiger partial charge in [0.1, 0.15) is 5.69 Å². The van der Waals surface area contributed by atoms with E-state index in [1.165, 1.54) is 11.1 Å². The van der Waals surface area contributed by atoms with Crippen LogP contribution in [-0.2, 0) is 17.8 Å². The molecule has 2 aromatic carbocycles. The highest BCUT2D eigenvalue weighted by molar-refractivity contribution is 5.79. The lowest BCUT2D eigenvalue weighted by molar-refractivity contribution is -0.125. The van der Waals surface area contributed by atoms with E-state index in [4.69, 9.17) is 0 Å². The van der Waals surface area contributed by atoms with E-state index in [-0.39, 0.29) is 11.8 Å². The summed E-state index contributed by atoms with van der Waals surface area (Å²) in [4.78, 5) is 17.7. The zero-order chi connectivity index (χ0) is 22.5. The zero-order valence-corrected chi connectivity index (χ0v) is 19.0. The first-order chi connectivity index (χ1) is 16.3. The van der Waals surface area contributed by atoms with Gasteiger partial charge in [0.15, 0.2) is 0 Å². The summed E-state index contributed by atoms with van der Waals surface area (Å²) in [6.07, 6.45) is 5.84. The van der Waals surface area contributed by atoms with Crippen molar-refractivity contribution in [3.05, 3.63) is 65.9 Å². The van der Waals surface area contributed by atoms with E-state index >= 15 is 0 Å². The van der Waals surface area contributed by atoms with Crippen molar-refractivity contribution < 1.29 is 4.79 Å². The number of carbonyl (C=O) groups excluding carboxylic acids is 1. The van der Waals surface area contributed by atoms with Crippen LogP contribution in [0, 0.1) is 5.92 Å². The quantitative estimate of drug-likeness (QED) is 0.547. The van der Waals surface area contributed by atoms with Crippen molar-refractivity contribution in [2.24, 2.45) is 5.92 Å². The first kappa shape index (κ1) is 21.6. The second kappa shape index (κ2) is 10.2. The van der Waals surface area contributed by atoms with Gasteiger partial charge < -0.3 is 10.2 Å². The fourth-order valence-electron chi connectivity index (χ4n) is 5.01. The van der Waals surface area contributed by atoms with E-state index in [2.05, 4.69) is 79.1 Å². The van der Waals surface area contributed by atoms with Gasteiger partial charge in [0.2, 0.25) is 5.91 Å². The van der Waals surface area contributed by atoms with Gasteiger partial charge in [-0.1, -0.05) is 36.4 Å². The van der Waals surface area contributed by atoms with Crippen molar-refractivity contribution in [3.8, 4) is 11.3 Å². The Morgan fingerprint density at radius 3 is 2.76 bits per heavy atom. The maximum atomic E-state index is 12.8. The van der Waals surface area contributed by atoms with Crippen LogP contribution in [0.2, 0.25) is 0 Å². The number of fused-ring (bicyclic) bond motifs is 1. The molecule has 1 saturated heterocycles. The SMILES string of the molecule is O=C(NCCCN1CCc2ccccc2C1)C1CCCN(c2ccc(-c3cn[nH]n3)cc2)C1. The summed E-state index contributed by atoms with van der Waals surface area (Å²) in [5.74, 6) is 0.249. The van der Waals surface area contributed by atoms with E-state index in [0.717, 1.165) is 81.9 Å². The molecule has 1 fully saturated rings. The van der Waals surface area contributed by atoms with Crippen LogP contribution in [0.1, 0.15) is 30.4 Å². The van der Waals surface area contributed by atoms with Crippen LogP contribution in [0.5, 0.6) is 0 Å². The largest absolute Gasteiger partial charge is 0.371 e. The summed E-state index contributed by atoms with van der Waals surface area (Å²) < 4.78 is 0. The third-order valence-electron chi connectivity index (χ3n) is 6.90. The normalized spacial score (nSPS) is 18.7. The summed E-state index contributed by atoms with van der Waals surface area (Å²) >= 11 is 0. The van der Waals surface area contributed by atoms with Crippen molar-refractivity contribution in [1.29, 1.82) is 0 Å². The third-order valence-corrected chi connectivity index (χ3v) is 6.90. The fraction of sp³-hybridized carbons (Fsp3) is 0.423. The molecule has 1 unspecified atom stereocenters. The molecule has 2 aliphatic heterocycles. The predicted octanol–water partition coefficient (Wildman–Crippen LogP) is 3.25. The second-order valence-electron chi connectivity index (χ2n) is 9.13. The number of benzene rings is 2. The van der Waals surface area contributed by atoms with Gasteiger partial charge in [-0.25, -0.2) is 0 Å². The predicted molar refractivity (Wildman–Crippen MR) is 130 cm³/mol. The van der Waals surface area contributed by atoms with Crippen molar-refractivity contribution in [1.82, 2.24) is 25.6 Å². The van der Waals surface area contributed by atoms with Crippen molar-refractivity contribution in [2.45, 2.75) is 32.2 Å². The van der Waals surface area contributed by atoms with Crippen LogP contribution in [0.3, 0.4) is 0 Å². The molecule has 0 radical (unpaired) electrons. The van der Waals surface area contributed by atoms with Crippen LogP contribution in [0.4, 0.5) is 5.69 Å². The number of piperidine rings is 1. The van der Waals surface area contributed by atoms with Crippen molar-refractivity contribution >= 4 is 11.6 Å². The molecule has 5 rings (SSSR count). The molecule has 0 saturated carbocycles. The fourth-order valence-corrected chi connectivity index (χ4v) is 5.01. The Bertz CT molecular complexity index is 1050. The molecule has 0 spiro atoms. The summed E-state index contributed by atoms with van der Waals surface area (Å²) in [5, 5.41) is 13.9. The number of H-pyrrole nitrogens is 1. The molecular formula is C26H32N6O. The Labute approximate surface area is 195 Å². The number of amides is 1. The lowest BCUT2D eigenvalue weighted by Gasteiger charge is -2.34. The molecule has 1 atom stereocenters. The van der Waals surface area contributed by atoms with E-state index in [1.807, 2.05) is 0 Å². The third kappa shape index (κ3) is 5.25. The first-order valence-corrected chi connectivity index (χ1v) is 12.0. The highest BCUT2D eigenvalue weighted by atomic mass is 16.1. The zero-order valence-electron chi connectivity index (χ0n) is 19.0. The van der Waals surface area contributed by atoms with Gasteiger partial charge in [-0.2, -0.15) is 15.4 Å². The van der Waals surface area contributed by atoms with Gasteiger partial charge in [0.05, 0.1) is 12.1 Å². The minimum Gasteiger partial charge on any atom is -0.371 e. The van der Waals surface area contributed by atoms with Crippen molar-refractivity contribution in [2.75, 3.05) is 37.6 Å². The number of carbonyl (C=O) groups is 1. The van der Waals surface area contributed by atoms with Gasteiger partial charge in [-0.05, 0) is 48.9 Å². The molecule has 33 heavy (non-hydrogen) atoms. The number of aromatic nitrogens is 3. The molecule has 3 aromatic rings. The average molecular weight is 445 g/mol. The maximum Gasteiger partial charge on any atom is 0.224 e. The summed E-state index contributed by atoms with van der Waals surface area (Å²) in [5.41, 5.74) is 5.97. The van der Waals surface area contributed by atoms with Crippen LogP contribution < -0.4 is 10.2 Å².